The van der Waals surface area contributed by atoms with Crippen molar-refractivity contribution in [2.24, 2.45) is 5.73 Å². The van der Waals surface area contributed by atoms with E-state index in [0.717, 1.165) is 5.69 Å². The van der Waals surface area contributed by atoms with Gasteiger partial charge in [0.05, 0.1) is 10.7 Å². The number of thiocarbonyl (C=S) groups is 1. The summed E-state index contributed by atoms with van der Waals surface area (Å²) in [7, 11) is 0. The summed E-state index contributed by atoms with van der Waals surface area (Å²) in [6.07, 6.45) is 2.25. The highest BCUT2D eigenvalue weighted by atomic mass is 35.5. The number of hydrogen-bond acceptors (Lipinski definition) is 3. The first-order valence-electron chi connectivity index (χ1n) is 6.24. The van der Waals surface area contributed by atoms with Gasteiger partial charge in [-0.3, -0.25) is 15.3 Å². The maximum Gasteiger partial charge on any atom is 0.194 e. The molecular formula is C13H20ClN5S. The first kappa shape index (κ1) is 16.7. The number of pyridine rings is 1. The van der Waals surface area contributed by atoms with Crippen LogP contribution in [-0.4, -0.2) is 33.0 Å². The summed E-state index contributed by atoms with van der Waals surface area (Å²) in [6, 6.07) is 3.56. The molecule has 1 aromatic heterocycles. The van der Waals surface area contributed by atoms with Gasteiger partial charge in [0.15, 0.2) is 11.1 Å². The van der Waals surface area contributed by atoms with Gasteiger partial charge in [-0.05, 0) is 45.1 Å². The lowest BCUT2D eigenvalue weighted by molar-refractivity contribution is 0.474. The second-order valence-corrected chi connectivity index (χ2v) is 6.19. The Morgan fingerprint density at radius 3 is 2.70 bits per heavy atom. The van der Waals surface area contributed by atoms with E-state index in [2.05, 4.69) is 10.3 Å². The molecule has 7 heteroatoms. The van der Waals surface area contributed by atoms with E-state index in [9.17, 15) is 0 Å². The number of nitrogens with two attached hydrogens (primary N) is 1. The van der Waals surface area contributed by atoms with Gasteiger partial charge in [-0.15, -0.1) is 0 Å². The Kier molecular flexibility index (Phi) is 5.71. The SMILES string of the molecule is CC(C)(C)NC(=S)N(CCc1ncccc1Cl)C(=N)N. The molecule has 0 fully saturated rings. The van der Waals surface area contributed by atoms with Crippen LogP contribution in [0.5, 0.6) is 0 Å². The van der Waals surface area contributed by atoms with Crippen LogP contribution in [0.25, 0.3) is 0 Å². The van der Waals surface area contributed by atoms with Crippen molar-refractivity contribution in [3.63, 3.8) is 0 Å². The third-order valence-corrected chi connectivity index (χ3v) is 3.09. The monoisotopic (exact) mass is 313 g/mol. The molecular weight excluding hydrogens is 294 g/mol. The topological polar surface area (TPSA) is 78.0 Å². The summed E-state index contributed by atoms with van der Waals surface area (Å²) in [6.45, 7) is 6.43. The number of nitrogens with one attached hydrogen (secondary N) is 2. The molecule has 110 valence electrons. The Hall–Kier alpha value is -1.40. The van der Waals surface area contributed by atoms with Gasteiger partial charge in [-0.2, -0.15) is 0 Å². The van der Waals surface area contributed by atoms with Crippen LogP contribution in [0.1, 0.15) is 26.5 Å². The van der Waals surface area contributed by atoms with Gasteiger partial charge in [-0.1, -0.05) is 11.6 Å². The molecule has 0 saturated heterocycles. The fourth-order valence-electron chi connectivity index (χ4n) is 1.54. The third-order valence-electron chi connectivity index (χ3n) is 2.42. The molecule has 1 aromatic rings. The largest absolute Gasteiger partial charge is 0.370 e. The van der Waals surface area contributed by atoms with E-state index in [1.807, 2.05) is 20.8 Å². The van der Waals surface area contributed by atoms with Crippen LogP contribution >= 0.6 is 23.8 Å². The Morgan fingerprint density at radius 2 is 2.20 bits per heavy atom. The Balaban J connectivity index is 2.72. The Morgan fingerprint density at radius 1 is 1.55 bits per heavy atom. The minimum Gasteiger partial charge on any atom is -0.370 e. The molecule has 0 unspecified atom stereocenters. The molecule has 20 heavy (non-hydrogen) atoms. The van der Waals surface area contributed by atoms with Gasteiger partial charge in [0.1, 0.15) is 0 Å². The van der Waals surface area contributed by atoms with Crippen LogP contribution in [0.15, 0.2) is 18.3 Å². The average Bonchev–Trinajstić information content (AvgIpc) is 2.28. The van der Waals surface area contributed by atoms with Crippen molar-refractivity contribution in [3.05, 3.63) is 29.0 Å². The lowest BCUT2D eigenvalue weighted by Crippen LogP contribution is -2.52. The van der Waals surface area contributed by atoms with E-state index >= 15 is 0 Å². The predicted octanol–water partition coefficient (Wildman–Crippen LogP) is 2.15. The van der Waals surface area contributed by atoms with E-state index in [0.29, 0.717) is 23.1 Å². The molecule has 0 bridgehead atoms. The zero-order valence-electron chi connectivity index (χ0n) is 11.9. The van der Waals surface area contributed by atoms with Crippen molar-refractivity contribution < 1.29 is 0 Å². The van der Waals surface area contributed by atoms with Crippen molar-refractivity contribution in [1.29, 1.82) is 5.41 Å². The molecule has 0 spiro atoms. The van der Waals surface area contributed by atoms with Crippen LogP contribution in [0.4, 0.5) is 0 Å². The molecule has 0 saturated carbocycles. The first-order chi connectivity index (χ1) is 9.20. The van der Waals surface area contributed by atoms with Crippen molar-refractivity contribution >= 4 is 34.9 Å². The summed E-state index contributed by atoms with van der Waals surface area (Å²) in [5, 5.41) is 11.8. The van der Waals surface area contributed by atoms with Crippen LogP contribution in [0.2, 0.25) is 5.02 Å². The van der Waals surface area contributed by atoms with Crippen LogP contribution in [0.3, 0.4) is 0 Å². The second-order valence-electron chi connectivity index (χ2n) is 5.40. The zero-order chi connectivity index (χ0) is 15.3. The minimum absolute atomic E-state index is 0.0983. The summed E-state index contributed by atoms with van der Waals surface area (Å²) < 4.78 is 0. The minimum atomic E-state index is -0.187. The fourth-order valence-corrected chi connectivity index (χ4v) is 2.25. The lowest BCUT2D eigenvalue weighted by atomic mass is 10.1. The maximum absolute atomic E-state index is 7.63. The molecule has 5 nitrogen and oxygen atoms in total. The second kappa shape index (κ2) is 6.85. The molecule has 1 heterocycles. The molecule has 0 aliphatic heterocycles. The lowest BCUT2D eigenvalue weighted by Gasteiger charge is -2.29. The summed E-state index contributed by atoms with van der Waals surface area (Å²) in [5.41, 5.74) is 6.16. The van der Waals surface area contributed by atoms with Crippen molar-refractivity contribution in [2.75, 3.05) is 6.54 Å². The third kappa shape index (κ3) is 5.30. The van der Waals surface area contributed by atoms with E-state index in [-0.39, 0.29) is 11.5 Å². The van der Waals surface area contributed by atoms with Crippen LogP contribution in [0, 0.1) is 5.41 Å². The normalized spacial score (nSPS) is 11.0. The number of rotatable bonds is 3. The summed E-state index contributed by atoms with van der Waals surface area (Å²) in [5.74, 6) is -0.0983. The molecule has 0 aromatic carbocycles. The van der Waals surface area contributed by atoms with Crippen LogP contribution in [-0.2, 0) is 6.42 Å². The van der Waals surface area contributed by atoms with Gasteiger partial charge < -0.3 is 11.1 Å². The quantitative estimate of drug-likeness (QED) is 0.453. The number of nitrogens with zero attached hydrogens (tertiary/aromatic N) is 2. The van der Waals surface area contributed by atoms with Gasteiger partial charge in [0.2, 0.25) is 0 Å². The van der Waals surface area contributed by atoms with Gasteiger partial charge in [0, 0.05) is 24.7 Å². The first-order valence-corrected chi connectivity index (χ1v) is 7.02. The number of hydrogen-bond donors (Lipinski definition) is 3. The molecule has 0 radical (unpaired) electrons. The standard InChI is InChI=1S/C13H20ClN5S/c1-13(2,3)18-12(20)19(11(15)16)8-6-10-9(14)5-4-7-17-10/h4-5,7H,6,8H2,1-3H3,(H3,15,16)(H,18,20). The Labute approximate surface area is 130 Å². The number of halogens is 1. The summed E-state index contributed by atoms with van der Waals surface area (Å²) in [4.78, 5) is 5.74. The maximum atomic E-state index is 7.63. The highest BCUT2D eigenvalue weighted by molar-refractivity contribution is 7.80. The molecule has 0 atom stereocenters. The highest BCUT2D eigenvalue weighted by Gasteiger charge is 2.18. The van der Waals surface area contributed by atoms with Gasteiger partial charge in [-0.25, -0.2) is 0 Å². The van der Waals surface area contributed by atoms with Gasteiger partial charge >= 0.3 is 0 Å². The fraction of sp³-hybridized carbons (Fsp3) is 0.462. The van der Waals surface area contributed by atoms with Gasteiger partial charge in [0.25, 0.3) is 0 Å². The predicted molar refractivity (Wildman–Crippen MR) is 87.1 cm³/mol. The zero-order valence-corrected chi connectivity index (χ0v) is 13.5. The Bertz CT molecular complexity index is 498. The van der Waals surface area contributed by atoms with Crippen LogP contribution < -0.4 is 11.1 Å². The van der Waals surface area contributed by atoms with Crippen molar-refractivity contribution in [1.82, 2.24) is 15.2 Å². The number of aromatic nitrogens is 1. The van der Waals surface area contributed by atoms with E-state index in [1.54, 1.807) is 18.3 Å². The average molecular weight is 314 g/mol. The molecule has 0 aliphatic rings. The molecule has 0 amide bonds. The smallest absolute Gasteiger partial charge is 0.194 e. The molecule has 0 aliphatic carbocycles. The number of guanidine groups is 1. The summed E-state index contributed by atoms with van der Waals surface area (Å²) >= 11 is 11.3. The van der Waals surface area contributed by atoms with Crippen molar-refractivity contribution in [2.45, 2.75) is 32.7 Å². The van der Waals surface area contributed by atoms with E-state index in [4.69, 9.17) is 35.0 Å². The molecule has 1 rings (SSSR count). The molecule has 4 N–H and O–H groups in total. The highest BCUT2D eigenvalue weighted by Crippen LogP contribution is 2.13. The van der Waals surface area contributed by atoms with Crippen molar-refractivity contribution in [3.8, 4) is 0 Å². The van der Waals surface area contributed by atoms with E-state index < -0.39 is 0 Å². The van der Waals surface area contributed by atoms with E-state index in [1.165, 1.54) is 4.90 Å².